The molecule has 2 bridgehead atoms. The molecule has 2 heterocycles. The van der Waals surface area contributed by atoms with Gasteiger partial charge in [-0.1, -0.05) is 17.3 Å². The molecular formula is C15H17N3O2. The first kappa shape index (κ1) is 11.8. The number of piperidine rings is 1. The van der Waals surface area contributed by atoms with Gasteiger partial charge in [0, 0.05) is 18.2 Å². The van der Waals surface area contributed by atoms with E-state index in [2.05, 4.69) is 15.0 Å². The molecule has 1 saturated carbocycles. The largest absolute Gasteiger partial charge is 0.497 e. The second-order valence-corrected chi connectivity index (χ2v) is 5.62. The standard InChI is InChI=1S/C15H17N3O2/c1-19-13-4-2-3-11(8-13)14-16-15(20-17-14)18-9-10-5-6-12(18)7-10/h2-4,8,10,12H,5-7,9H2,1H3. The van der Waals surface area contributed by atoms with Crippen LogP contribution in [0.15, 0.2) is 28.8 Å². The third-order valence-electron chi connectivity index (χ3n) is 4.40. The van der Waals surface area contributed by atoms with E-state index in [4.69, 9.17) is 9.26 Å². The highest BCUT2D eigenvalue weighted by atomic mass is 16.5. The highest BCUT2D eigenvalue weighted by Crippen LogP contribution is 2.39. The average Bonchev–Trinajstić information content (AvgIpc) is 3.22. The average molecular weight is 271 g/mol. The molecule has 1 saturated heterocycles. The highest BCUT2D eigenvalue weighted by Gasteiger charge is 2.40. The van der Waals surface area contributed by atoms with Gasteiger partial charge in [-0.2, -0.15) is 4.98 Å². The summed E-state index contributed by atoms with van der Waals surface area (Å²) in [5.41, 5.74) is 0.920. The summed E-state index contributed by atoms with van der Waals surface area (Å²) in [7, 11) is 1.65. The summed E-state index contributed by atoms with van der Waals surface area (Å²) in [5.74, 6) is 2.24. The molecule has 1 aliphatic heterocycles. The van der Waals surface area contributed by atoms with Gasteiger partial charge in [0.25, 0.3) is 0 Å². The predicted molar refractivity (Wildman–Crippen MR) is 74.8 cm³/mol. The minimum atomic E-state index is 0.596. The van der Waals surface area contributed by atoms with Gasteiger partial charge in [0.1, 0.15) is 5.75 Å². The van der Waals surface area contributed by atoms with Crippen LogP contribution in [-0.2, 0) is 0 Å². The molecule has 5 heteroatoms. The normalized spacial score (nSPS) is 24.4. The summed E-state index contributed by atoms with van der Waals surface area (Å²) in [6.07, 6.45) is 3.87. The molecule has 2 aliphatic rings. The SMILES string of the molecule is COc1cccc(-c2noc(N3CC4CCC3C4)n2)c1. The molecule has 2 unspecified atom stereocenters. The van der Waals surface area contributed by atoms with Crippen molar-refractivity contribution in [3.8, 4) is 17.1 Å². The van der Waals surface area contributed by atoms with Crippen LogP contribution in [-0.4, -0.2) is 29.8 Å². The molecule has 20 heavy (non-hydrogen) atoms. The number of methoxy groups -OCH3 is 1. The Bertz CT molecular complexity index is 625. The van der Waals surface area contributed by atoms with Crippen molar-refractivity contribution in [1.82, 2.24) is 10.1 Å². The van der Waals surface area contributed by atoms with Crippen LogP contribution < -0.4 is 9.64 Å². The molecule has 1 aromatic carbocycles. The summed E-state index contributed by atoms with van der Waals surface area (Å²) >= 11 is 0. The topological polar surface area (TPSA) is 51.4 Å². The summed E-state index contributed by atoms with van der Waals surface area (Å²) in [4.78, 5) is 6.82. The van der Waals surface area contributed by atoms with E-state index in [1.54, 1.807) is 7.11 Å². The summed E-state index contributed by atoms with van der Waals surface area (Å²) in [6.45, 7) is 1.06. The lowest BCUT2D eigenvalue weighted by Gasteiger charge is -2.24. The Hall–Kier alpha value is -2.04. The molecule has 0 amide bonds. The van der Waals surface area contributed by atoms with E-state index < -0.39 is 0 Å². The van der Waals surface area contributed by atoms with Gasteiger partial charge in [-0.15, -0.1) is 0 Å². The van der Waals surface area contributed by atoms with E-state index >= 15 is 0 Å². The fourth-order valence-corrected chi connectivity index (χ4v) is 3.37. The zero-order valence-electron chi connectivity index (χ0n) is 11.5. The van der Waals surface area contributed by atoms with Crippen LogP contribution in [0.25, 0.3) is 11.4 Å². The zero-order chi connectivity index (χ0) is 13.5. The van der Waals surface area contributed by atoms with E-state index in [0.717, 1.165) is 23.8 Å². The molecule has 2 fully saturated rings. The van der Waals surface area contributed by atoms with Crippen LogP contribution in [0.3, 0.4) is 0 Å². The maximum Gasteiger partial charge on any atom is 0.324 e. The summed E-state index contributed by atoms with van der Waals surface area (Å²) in [6, 6.07) is 8.98. The van der Waals surface area contributed by atoms with Crippen molar-refractivity contribution in [2.45, 2.75) is 25.3 Å². The molecule has 5 nitrogen and oxygen atoms in total. The van der Waals surface area contributed by atoms with Crippen LogP contribution in [0.1, 0.15) is 19.3 Å². The molecule has 2 aromatic rings. The Morgan fingerprint density at radius 2 is 2.30 bits per heavy atom. The van der Waals surface area contributed by atoms with E-state index in [1.807, 2.05) is 24.3 Å². The van der Waals surface area contributed by atoms with Gasteiger partial charge >= 0.3 is 6.01 Å². The van der Waals surface area contributed by atoms with Gasteiger partial charge < -0.3 is 14.2 Å². The third kappa shape index (κ3) is 1.85. The second-order valence-electron chi connectivity index (χ2n) is 5.62. The molecule has 2 atom stereocenters. The van der Waals surface area contributed by atoms with E-state index in [1.165, 1.54) is 19.3 Å². The van der Waals surface area contributed by atoms with Crippen molar-refractivity contribution in [2.75, 3.05) is 18.6 Å². The summed E-state index contributed by atoms with van der Waals surface area (Å²) in [5, 5.41) is 4.11. The fraction of sp³-hybridized carbons (Fsp3) is 0.467. The maximum atomic E-state index is 5.45. The molecule has 0 N–H and O–H groups in total. The van der Waals surface area contributed by atoms with Crippen LogP contribution in [0.4, 0.5) is 6.01 Å². The monoisotopic (exact) mass is 271 g/mol. The quantitative estimate of drug-likeness (QED) is 0.859. The number of aromatic nitrogens is 2. The first-order valence-corrected chi connectivity index (χ1v) is 7.08. The van der Waals surface area contributed by atoms with Gasteiger partial charge in [-0.3, -0.25) is 0 Å². The van der Waals surface area contributed by atoms with E-state index in [-0.39, 0.29) is 0 Å². The van der Waals surface area contributed by atoms with Crippen molar-refractivity contribution in [3.63, 3.8) is 0 Å². The molecular weight excluding hydrogens is 254 g/mol. The number of benzene rings is 1. The van der Waals surface area contributed by atoms with Crippen molar-refractivity contribution in [3.05, 3.63) is 24.3 Å². The van der Waals surface area contributed by atoms with Gasteiger partial charge in [-0.25, -0.2) is 0 Å². The zero-order valence-corrected chi connectivity index (χ0v) is 11.5. The maximum absolute atomic E-state index is 5.45. The minimum absolute atomic E-state index is 0.596. The lowest BCUT2D eigenvalue weighted by molar-refractivity contribution is 0.400. The lowest BCUT2D eigenvalue weighted by atomic mass is 10.1. The van der Waals surface area contributed by atoms with E-state index in [0.29, 0.717) is 17.9 Å². The Kier molecular flexibility index (Phi) is 2.65. The highest BCUT2D eigenvalue weighted by molar-refractivity contribution is 5.58. The molecule has 0 radical (unpaired) electrons. The molecule has 104 valence electrons. The minimum Gasteiger partial charge on any atom is -0.497 e. The Morgan fingerprint density at radius 1 is 1.35 bits per heavy atom. The van der Waals surface area contributed by atoms with Crippen molar-refractivity contribution in [2.24, 2.45) is 5.92 Å². The van der Waals surface area contributed by atoms with Crippen molar-refractivity contribution in [1.29, 1.82) is 0 Å². The van der Waals surface area contributed by atoms with Crippen LogP contribution in [0.2, 0.25) is 0 Å². The van der Waals surface area contributed by atoms with Crippen LogP contribution >= 0.6 is 0 Å². The Morgan fingerprint density at radius 3 is 3.05 bits per heavy atom. The molecule has 0 spiro atoms. The molecule has 4 rings (SSSR count). The smallest absolute Gasteiger partial charge is 0.324 e. The number of fused-ring (bicyclic) bond motifs is 2. The number of anilines is 1. The van der Waals surface area contributed by atoms with Crippen molar-refractivity contribution < 1.29 is 9.26 Å². The lowest BCUT2D eigenvalue weighted by Crippen LogP contribution is -2.32. The molecule has 1 aliphatic carbocycles. The van der Waals surface area contributed by atoms with E-state index in [9.17, 15) is 0 Å². The summed E-state index contributed by atoms with van der Waals surface area (Å²) < 4.78 is 10.7. The van der Waals surface area contributed by atoms with Crippen LogP contribution in [0, 0.1) is 5.92 Å². The number of hydrogen-bond donors (Lipinski definition) is 0. The van der Waals surface area contributed by atoms with Gasteiger partial charge in [0.15, 0.2) is 0 Å². The number of hydrogen-bond acceptors (Lipinski definition) is 5. The first-order valence-electron chi connectivity index (χ1n) is 7.08. The number of ether oxygens (including phenoxy) is 1. The van der Waals surface area contributed by atoms with Gasteiger partial charge in [-0.05, 0) is 37.3 Å². The Balaban J connectivity index is 1.61. The van der Waals surface area contributed by atoms with Crippen LogP contribution in [0.5, 0.6) is 5.75 Å². The number of nitrogens with zero attached hydrogens (tertiary/aromatic N) is 3. The third-order valence-corrected chi connectivity index (χ3v) is 4.40. The Labute approximate surface area is 117 Å². The van der Waals surface area contributed by atoms with Crippen molar-refractivity contribution >= 4 is 6.01 Å². The van der Waals surface area contributed by atoms with Gasteiger partial charge in [0.2, 0.25) is 5.82 Å². The predicted octanol–water partition coefficient (Wildman–Crippen LogP) is 2.73. The fourth-order valence-electron chi connectivity index (χ4n) is 3.37. The molecule has 1 aromatic heterocycles. The number of rotatable bonds is 3. The first-order chi connectivity index (χ1) is 9.83. The van der Waals surface area contributed by atoms with Gasteiger partial charge in [0.05, 0.1) is 7.11 Å². The second kappa shape index (κ2) is 4.51.